The monoisotopic (exact) mass is 296 g/mol. The first-order chi connectivity index (χ1) is 10.6. The molecule has 3 aliphatic rings. The summed E-state index contributed by atoms with van der Waals surface area (Å²) < 4.78 is 0. The van der Waals surface area contributed by atoms with E-state index < -0.39 is 0 Å². The van der Waals surface area contributed by atoms with Gasteiger partial charge in [0.1, 0.15) is 6.54 Å². The maximum absolute atomic E-state index is 12.5. The number of carbonyl (C=O) groups is 3. The van der Waals surface area contributed by atoms with Crippen LogP contribution in [0.1, 0.15) is 6.42 Å². The predicted octanol–water partition coefficient (Wildman–Crippen LogP) is 1.43. The topological polar surface area (TPSA) is 66.5 Å². The number of nitrogens with zero attached hydrogens (tertiary/aromatic N) is 1. The zero-order valence-electron chi connectivity index (χ0n) is 11.9. The van der Waals surface area contributed by atoms with Crippen LogP contribution < -0.4 is 5.32 Å². The van der Waals surface area contributed by atoms with Gasteiger partial charge in [0.15, 0.2) is 0 Å². The van der Waals surface area contributed by atoms with Crippen LogP contribution in [-0.4, -0.2) is 29.2 Å². The van der Waals surface area contributed by atoms with Gasteiger partial charge < -0.3 is 5.32 Å². The Morgan fingerprint density at radius 2 is 1.64 bits per heavy atom. The van der Waals surface area contributed by atoms with Crippen LogP contribution in [0.2, 0.25) is 0 Å². The van der Waals surface area contributed by atoms with E-state index in [2.05, 4.69) is 5.32 Å². The molecule has 1 saturated carbocycles. The number of carbonyl (C=O) groups excluding carboxylic acids is 3. The Labute approximate surface area is 128 Å². The number of benzene rings is 1. The highest BCUT2D eigenvalue weighted by atomic mass is 16.2. The van der Waals surface area contributed by atoms with E-state index in [-0.39, 0.29) is 47.9 Å². The fourth-order valence-corrected chi connectivity index (χ4v) is 3.99. The number of rotatable bonds is 3. The van der Waals surface area contributed by atoms with Gasteiger partial charge in [0.05, 0.1) is 11.8 Å². The summed E-state index contributed by atoms with van der Waals surface area (Å²) in [5.74, 6) is -0.848. The van der Waals surface area contributed by atoms with Crippen LogP contribution in [0.3, 0.4) is 0 Å². The number of hydrogen-bond donors (Lipinski definition) is 1. The van der Waals surface area contributed by atoms with Crippen LogP contribution in [0, 0.1) is 23.7 Å². The Balaban J connectivity index is 1.47. The quantitative estimate of drug-likeness (QED) is 0.678. The zero-order chi connectivity index (χ0) is 15.3. The molecule has 5 heteroatoms. The summed E-state index contributed by atoms with van der Waals surface area (Å²) in [6.45, 7) is -0.195. The molecule has 2 fully saturated rings. The zero-order valence-corrected chi connectivity index (χ0v) is 11.9. The van der Waals surface area contributed by atoms with Crippen molar-refractivity contribution < 1.29 is 14.4 Å². The van der Waals surface area contributed by atoms with E-state index in [9.17, 15) is 14.4 Å². The van der Waals surface area contributed by atoms with Crippen LogP contribution in [0.25, 0.3) is 0 Å². The predicted molar refractivity (Wildman–Crippen MR) is 79.5 cm³/mol. The molecule has 1 aromatic rings. The lowest BCUT2D eigenvalue weighted by Crippen LogP contribution is -2.39. The van der Waals surface area contributed by atoms with Crippen LogP contribution in [-0.2, 0) is 14.4 Å². The van der Waals surface area contributed by atoms with Gasteiger partial charge >= 0.3 is 0 Å². The molecule has 1 heterocycles. The van der Waals surface area contributed by atoms with E-state index in [1.165, 1.54) is 0 Å². The van der Waals surface area contributed by atoms with Gasteiger partial charge in [-0.05, 0) is 30.4 Å². The van der Waals surface area contributed by atoms with Gasteiger partial charge in [-0.1, -0.05) is 30.4 Å². The highest BCUT2D eigenvalue weighted by Gasteiger charge is 2.59. The Kier molecular flexibility index (Phi) is 2.89. The van der Waals surface area contributed by atoms with Crippen LogP contribution in [0.4, 0.5) is 5.69 Å². The summed E-state index contributed by atoms with van der Waals surface area (Å²) in [5, 5.41) is 2.71. The van der Waals surface area contributed by atoms with Crippen molar-refractivity contribution in [1.82, 2.24) is 4.90 Å². The minimum absolute atomic E-state index is 0.175. The first-order valence-corrected chi connectivity index (χ1v) is 7.53. The fourth-order valence-electron chi connectivity index (χ4n) is 3.99. The number of likely N-dealkylation sites (tertiary alicyclic amines) is 1. The molecule has 0 aromatic heterocycles. The van der Waals surface area contributed by atoms with E-state index >= 15 is 0 Å². The van der Waals surface area contributed by atoms with E-state index in [1.807, 2.05) is 30.4 Å². The number of amides is 3. The molecule has 1 N–H and O–H groups in total. The van der Waals surface area contributed by atoms with E-state index in [4.69, 9.17) is 0 Å². The summed E-state index contributed by atoms with van der Waals surface area (Å²) >= 11 is 0. The fraction of sp³-hybridized carbons (Fsp3) is 0.353. The molecule has 112 valence electrons. The van der Waals surface area contributed by atoms with Gasteiger partial charge in [-0.3, -0.25) is 19.3 Å². The molecule has 4 rings (SSSR count). The molecule has 4 atom stereocenters. The van der Waals surface area contributed by atoms with Gasteiger partial charge in [0.25, 0.3) is 0 Å². The van der Waals surface area contributed by atoms with Crippen LogP contribution in [0.15, 0.2) is 42.5 Å². The van der Waals surface area contributed by atoms with Crippen molar-refractivity contribution >= 4 is 23.4 Å². The highest BCUT2D eigenvalue weighted by molar-refractivity contribution is 6.09. The molecule has 1 saturated heterocycles. The van der Waals surface area contributed by atoms with Crippen molar-refractivity contribution in [2.75, 3.05) is 11.9 Å². The SMILES string of the molecule is O=C(CN1C(=O)[C@@H]2[C@H](C1=O)[C@H]1C=C[C@@H]2C1)Nc1ccccc1. The Morgan fingerprint density at radius 1 is 1.05 bits per heavy atom. The second-order valence-electron chi connectivity index (χ2n) is 6.18. The van der Waals surface area contributed by atoms with Crippen molar-refractivity contribution in [2.24, 2.45) is 23.7 Å². The number of imide groups is 1. The van der Waals surface area contributed by atoms with E-state index in [0.717, 1.165) is 11.3 Å². The molecule has 22 heavy (non-hydrogen) atoms. The van der Waals surface area contributed by atoms with Gasteiger partial charge in [-0.25, -0.2) is 0 Å². The standard InChI is InChI=1S/C17H16N2O3/c20-13(18-12-4-2-1-3-5-12)9-19-16(21)14-10-6-7-11(8-10)15(14)17(19)22/h1-7,10-11,14-15H,8-9H2,(H,18,20)/t10-,11+,14+,15-. The maximum atomic E-state index is 12.5. The molecule has 0 unspecified atom stereocenters. The van der Waals surface area contributed by atoms with Crippen LogP contribution in [0.5, 0.6) is 0 Å². The third kappa shape index (κ3) is 1.89. The maximum Gasteiger partial charge on any atom is 0.244 e. The number of allylic oxidation sites excluding steroid dienone is 2. The number of para-hydroxylation sites is 1. The van der Waals surface area contributed by atoms with Gasteiger partial charge in [0.2, 0.25) is 17.7 Å². The normalized spacial score (nSPS) is 31.7. The first kappa shape index (κ1) is 13.2. The second kappa shape index (κ2) is 4.80. The number of fused-ring (bicyclic) bond motifs is 5. The smallest absolute Gasteiger partial charge is 0.244 e. The molecule has 0 radical (unpaired) electrons. The van der Waals surface area contributed by atoms with Crippen molar-refractivity contribution in [3.63, 3.8) is 0 Å². The minimum Gasteiger partial charge on any atom is -0.325 e. The van der Waals surface area contributed by atoms with Gasteiger partial charge in [-0.15, -0.1) is 0 Å². The average Bonchev–Trinajstić information content (AvgIpc) is 3.18. The Hall–Kier alpha value is -2.43. The Morgan fingerprint density at radius 3 is 2.23 bits per heavy atom. The molecule has 0 spiro atoms. The lowest BCUT2D eigenvalue weighted by molar-refractivity contribution is -0.143. The molecule has 2 aliphatic carbocycles. The largest absolute Gasteiger partial charge is 0.325 e. The van der Waals surface area contributed by atoms with Crippen molar-refractivity contribution in [3.05, 3.63) is 42.5 Å². The summed E-state index contributed by atoms with van der Waals surface area (Å²) in [6, 6.07) is 9.02. The molecule has 2 bridgehead atoms. The number of anilines is 1. The number of nitrogens with one attached hydrogen (secondary N) is 1. The highest BCUT2D eigenvalue weighted by Crippen LogP contribution is 2.52. The lowest BCUT2D eigenvalue weighted by Gasteiger charge is -2.16. The second-order valence-corrected chi connectivity index (χ2v) is 6.18. The van der Waals surface area contributed by atoms with E-state index in [0.29, 0.717) is 5.69 Å². The first-order valence-electron chi connectivity index (χ1n) is 7.53. The minimum atomic E-state index is -0.340. The lowest BCUT2D eigenvalue weighted by atomic mass is 9.85. The van der Waals surface area contributed by atoms with Crippen LogP contribution >= 0.6 is 0 Å². The van der Waals surface area contributed by atoms with E-state index in [1.54, 1.807) is 12.1 Å². The average molecular weight is 296 g/mol. The number of hydrogen-bond acceptors (Lipinski definition) is 3. The summed E-state index contributed by atoms with van der Waals surface area (Å²) in [5.41, 5.74) is 0.661. The summed E-state index contributed by atoms with van der Waals surface area (Å²) in [4.78, 5) is 38.2. The molecule has 5 nitrogen and oxygen atoms in total. The van der Waals surface area contributed by atoms with Gasteiger partial charge in [-0.2, -0.15) is 0 Å². The summed E-state index contributed by atoms with van der Waals surface area (Å²) in [6.07, 6.45) is 4.99. The van der Waals surface area contributed by atoms with Gasteiger partial charge in [0, 0.05) is 5.69 Å². The molecular formula is C17H16N2O3. The van der Waals surface area contributed by atoms with Crippen molar-refractivity contribution in [3.8, 4) is 0 Å². The third-order valence-corrected chi connectivity index (χ3v) is 4.92. The van der Waals surface area contributed by atoms with Crippen molar-refractivity contribution in [1.29, 1.82) is 0 Å². The third-order valence-electron chi connectivity index (χ3n) is 4.92. The molecule has 1 aromatic carbocycles. The molecule has 3 amide bonds. The van der Waals surface area contributed by atoms with Crippen molar-refractivity contribution in [2.45, 2.75) is 6.42 Å². The molecule has 1 aliphatic heterocycles. The molecular weight excluding hydrogens is 280 g/mol. The summed E-state index contributed by atoms with van der Waals surface area (Å²) in [7, 11) is 0. The Bertz CT molecular complexity index is 652.